The smallest absolute Gasteiger partial charge is 0.109 e. The quantitative estimate of drug-likeness (QED) is 0.916. The van der Waals surface area contributed by atoms with E-state index in [-0.39, 0.29) is 0 Å². The molecule has 3 heteroatoms. The topological polar surface area (TPSA) is 29.9 Å². The molecule has 0 radical (unpaired) electrons. The third kappa shape index (κ3) is 2.52. The van der Waals surface area contributed by atoms with Crippen LogP contribution in [-0.2, 0) is 19.9 Å². The first kappa shape index (κ1) is 12.7. The van der Waals surface area contributed by atoms with Gasteiger partial charge in [-0.05, 0) is 56.0 Å². The van der Waals surface area contributed by atoms with Gasteiger partial charge in [-0.15, -0.1) is 0 Å². The van der Waals surface area contributed by atoms with E-state index in [1.165, 1.54) is 36.3 Å². The Kier molecular flexibility index (Phi) is 3.56. The highest BCUT2D eigenvalue weighted by molar-refractivity contribution is 5.76. The second-order valence-electron chi connectivity index (χ2n) is 5.68. The lowest BCUT2D eigenvalue weighted by Crippen LogP contribution is -2.31. The van der Waals surface area contributed by atoms with Crippen molar-refractivity contribution in [2.24, 2.45) is 13.0 Å². The highest BCUT2D eigenvalue weighted by Gasteiger charge is 2.17. The highest BCUT2D eigenvalue weighted by Crippen LogP contribution is 2.21. The van der Waals surface area contributed by atoms with Gasteiger partial charge in [-0.2, -0.15) is 0 Å². The van der Waals surface area contributed by atoms with Gasteiger partial charge in [0.15, 0.2) is 0 Å². The van der Waals surface area contributed by atoms with Gasteiger partial charge in [0, 0.05) is 13.5 Å². The molecule has 1 aliphatic rings. The van der Waals surface area contributed by atoms with Gasteiger partial charge < -0.3 is 9.88 Å². The van der Waals surface area contributed by atoms with Crippen LogP contribution in [0.1, 0.15) is 31.2 Å². The van der Waals surface area contributed by atoms with E-state index >= 15 is 0 Å². The number of hydrogen-bond acceptors (Lipinski definition) is 2. The van der Waals surface area contributed by atoms with Crippen molar-refractivity contribution in [3.8, 4) is 0 Å². The first-order valence-corrected chi connectivity index (χ1v) is 7.43. The van der Waals surface area contributed by atoms with Gasteiger partial charge in [0.05, 0.1) is 11.0 Å². The van der Waals surface area contributed by atoms with Gasteiger partial charge >= 0.3 is 0 Å². The third-order valence-electron chi connectivity index (χ3n) is 4.32. The molecule has 1 aromatic carbocycles. The predicted octanol–water partition coefficient (Wildman–Crippen LogP) is 2.68. The molecule has 2 heterocycles. The number of aromatic nitrogens is 2. The van der Waals surface area contributed by atoms with Gasteiger partial charge in [0.1, 0.15) is 5.82 Å². The third-order valence-corrected chi connectivity index (χ3v) is 4.32. The maximum atomic E-state index is 4.85. The van der Waals surface area contributed by atoms with E-state index in [0.717, 1.165) is 30.8 Å². The summed E-state index contributed by atoms with van der Waals surface area (Å²) in [7, 11) is 2.15. The minimum atomic E-state index is 0.745. The van der Waals surface area contributed by atoms with Crippen LogP contribution < -0.4 is 5.32 Å². The van der Waals surface area contributed by atoms with Crippen molar-refractivity contribution in [2.45, 2.75) is 32.6 Å². The fourth-order valence-electron chi connectivity index (χ4n) is 3.05. The summed E-state index contributed by atoms with van der Waals surface area (Å²) >= 11 is 0. The standard InChI is InChI=1S/C16H23N3/c1-3-12-6-7-15-14(9-12)18-16(19(15)2)10-13-5-4-8-17-11-13/h6-7,9,13,17H,3-5,8,10-11H2,1-2H3. The van der Waals surface area contributed by atoms with Crippen molar-refractivity contribution < 1.29 is 0 Å². The van der Waals surface area contributed by atoms with Crippen molar-refractivity contribution in [3.05, 3.63) is 29.6 Å². The van der Waals surface area contributed by atoms with E-state index in [1.807, 2.05) is 0 Å². The Balaban J connectivity index is 1.88. The summed E-state index contributed by atoms with van der Waals surface area (Å²) in [5.74, 6) is 1.98. The van der Waals surface area contributed by atoms with Crippen molar-refractivity contribution >= 4 is 11.0 Å². The monoisotopic (exact) mass is 257 g/mol. The largest absolute Gasteiger partial charge is 0.331 e. The number of aryl methyl sites for hydroxylation is 2. The Bertz CT molecular complexity index is 565. The second kappa shape index (κ2) is 5.33. The molecule has 1 atom stereocenters. The molecule has 19 heavy (non-hydrogen) atoms. The van der Waals surface area contributed by atoms with Gasteiger partial charge in [0.2, 0.25) is 0 Å². The Labute approximate surface area is 115 Å². The number of nitrogens with one attached hydrogen (secondary N) is 1. The molecule has 0 saturated carbocycles. The number of benzene rings is 1. The number of fused-ring (bicyclic) bond motifs is 1. The van der Waals surface area contributed by atoms with Crippen molar-refractivity contribution in [2.75, 3.05) is 13.1 Å². The molecule has 0 bridgehead atoms. The maximum absolute atomic E-state index is 4.85. The molecule has 102 valence electrons. The summed E-state index contributed by atoms with van der Waals surface area (Å²) in [6.07, 6.45) is 4.80. The first-order chi connectivity index (χ1) is 9.28. The molecule has 3 nitrogen and oxygen atoms in total. The van der Waals surface area contributed by atoms with E-state index in [4.69, 9.17) is 4.98 Å². The average molecular weight is 257 g/mol. The molecule has 0 amide bonds. The number of rotatable bonds is 3. The zero-order valence-electron chi connectivity index (χ0n) is 11.9. The lowest BCUT2D eigenvalue weighted by atomic mass is 9.96. The molecular weight excluding hydrogens is 234 g/mol. The van der Waals surface area contributed by atoms with E-state index in [1.54, 1.807) is 0 Å². The molecule has 3 rings (SSSR count). The van der Waals surface area contributed by atoms with Crippen LogP contribution in [-0.4, -0.2) is 22.6 Å². The predicted molar refractivity (Wildman–Crippen MR) is 79.4 cm³/mol. The number of nitrogens with zero attached hydrogens (tertiary/aromatic N) is 2. The maximum Gasteiger partial charge on any atom is 0.109 e. The molecule has 1 unspecified atom stereocenters. The molecule has 0 aliphatic carbocycles. The molecule has 2 aromatic rings. The summed E-state index contributed by atoms with van der Waals surface area (Å²) in [5.41, 5.74) is 3.79. The lowest BCUT2D eigenvalue weighted by molar-refractivity contribution is 0.368. The molecule has 1 aromatic heterocycles. The Morgan fingerprint density at radius 3 is 3.05 bits per heavy atom. The zero-order chi connectivity index (χ0) is 13.2. The van der Waals surface area contributed by atoms with E-state index in [9.17, 15) is 0 Å². The average Bonchev–Trinajstić information content (AvgIpc) is 2.76. The van der Waals surface area contributed by atoms with Crippen molar-refractivity contribution in [3.63, 3.8) is 0 Å². The first-order valence-electron chi connectivity index (χ1n) is 7.43. The van der Waals surface area contributed by atoms with Crippen molar-refractivity contribution in [1.29, 1.82) is 0 Å². The summed E-state index contributed by atoms with van der Waals surface area (Å²) in [6.45, 7) is 4.51. The highest BCUT2D eigenvalue weighted by atomic mass is 15.1. The molecule has 1 aliphatic heterocycles. The van der Waals surface area contributed by atoms with Crippen LogP contribution in [0.3, 0.4) is 0 Å². The van der Waals surface area contributed by atoms with Crippen LogP contribution in [0.4, 0.5) is 0 Å². The minimum Gasteiger partial charge on any atom is -0.331 e. The Hall–Kier alpha value is -1.35. The van der Waals surface area contributed by atoms with Crippen molar-refractivity contribution in [1.82, 2.24) is 14.9 Å². The number of hydrogen-bond donors (Lipinski definition) is 1. The van der Waals surface area contributed by atoms with Crippen LogP contribution in [0.25, 0.3) is 11.0 Å². The number of piperidine rings is 1. The summed E-state index contributed by atoms with van der Waals surface area (Å²) in [5, 5.41) is 3.49. The normalized spacial score (nSPS) is 20.0. The van der Waals surface area contributed by atoms with Gasteiger partial charge in [-0.3, -0.25) is 0 Å². The van der Waals surface area contributed by atoms with Gasteiger partial charge in [0.25, 0.3) is 0 Å². The van der Waals surface area contributed by atoms with Gasteiger partial charge in [-0.1, -0.05) is 13.0 Å². The van der Waals surface area contributed by atoms with E-state index in [0.29, 0.717) is 0 Å². The van der Waals surface area contributed by atoms with Crippen LogP contribution in [0, 0.1) is 5.92 Å². The number of imidazole rings is 1. The fraction of sp³-hybridized carbons (Fsp3) is 0.562. The molecule has 1 fully saturated rings. The molecule has 1 saturated heterocycles. The summed E-state index contributed by atoms with van der Waals surface area (Å²) in [4.78, 5) is 4.85. The molecule has 0 spiro atoms. The minimum absolute atomic E-state index is 0.745. The Morgan fingerprint density at radius 2 is 2.32 bits per heavy atom. The summed E-state index contributed by atoms with van der Waals surface area (Å²) in [6, 6.07) is 6.66. The molecule has 1 N–H and O–H groups in total. The lowest BCUT2D eigenvalue weighted by Gasteiger charge is -2.22. The van der Waals surface area contributed by atoms with Crippen LogP contribution in [0.2, 0.25) is 0 Å². The molecular formula is C16H23N3. The summed E-state index contributed by atoms with van der Waals surface area (Å²) < 4.78 is 2.27. The van der Waals surface area contributed by atoms with E-state index < -0.39 is 0 Å². The van der Waals surface area contributed by atoms with Crippen LogP contribution in [0.5, 0.6) is 0 Å². The fourth-order valence-corrected chi connectivity index (χ4v) is 3.05. The Morgan fingerprint density at radius 1 is 1.42 bits per heavy atom. The van der Waals surface area contributed by atoms with Gasteiger partial charge in [-0.25, -0.2) is 4.98 Å². The SMILES string of the molecule is CCc1ccc2c(c1)nc(CC1CCCNC1)n2C. The van der Waals surface area contributed by atoms with E-state index in [2.05, 4.69) is 42.1 Å². The zero-order valence-corrected chi connectivity index (χ0v) is 11.9. The van der Waals surface area contributed by atoms with Crippen LogP contribution >= 0.6 is 0 Å². The van der Waals surface area contributed by atoms with Crippen LogP contribution in [0.15, 0.2) is 18.2 Å². The second-order valence-corrected chi connectivity index (χ2v) is 5.68.